The fourth-order valence-corrected chi connectivity index (χ4v) is 3.80. The lowest BCUT2D eigenvalue weighted by atomic mass is 10.1. The Morgan fingerprint density at radius 3 is 2.64 bits per heavy atom. The minimum atomic E-state index is -0.159. The molecule has 0 bridgehead atoms. The summed E-state index contributed by atoms with van der Waals surface area (Å²) in [6, 6.07) is 6.23. The van der Waals surface area contributed by atoms with Crippen LogP contribution in [0.5, 0.6) is 5.75 Å². The average molecular weight is 449 g/mol. The van der Waals surface area contributed by atoms with Gasteiger partial charge in [-0.3, -0.25) is 9.69 Å². The van der Waals surface area contributed by atoms with Gasteiger partial charge < -0.3 is 14.6 Å². The van der Waals surface area contributed by atoms with Crippen molar-refractivity contribution >= 4 is 15.9 Å². The number of rotatable bonds is 7. The molecule has 1 aliphatic rings. The van der Waals surface area contributed by atoms with Crippen molar-refractivity contribution in [3.05, 3.63) is 44.3 Å². The number of H-pyrrole nitrogens is 1. The van der Waals surface area contributed by atoms with Gasteiger partial charge in [-0.1, -0.05) is 19.9 Å². The molecule has 1 fully saturated rings. The van der Waals surface area contributed by atoms with Crippen molar-refractivity contribution in [2.75, 3.05) is 39.8 Å². The Hall–Kier alpha value is -1.70. The van der Waals surface area contributed by atoms with Gasteiger partial charge in [0.1, 0.15) is 16.0 Å². The molecule has 7 heteroatoms. The second kappa shape index (κ2) is 9.67. The summed E-state index contributed by atoms with van der Waals surface area (Å²) in [6.45, 7) is 9.89. The van der Waals surface area contributed by atoms with Gasteiger partial charge in [-0.25, -0.2) is 4.98 Å². The van der Waals surface area contributed by atoms with Crippen molar-refractivity contribution in [2.45, 2.75) is 33.2 Å². The van der Waals surface area contributed by atoms with Crippen LogP contribution in [0.15, 0.2) is 27.5 Å². The van der Waals surface area contributed by atoms with Crippen LogP contribution in [0, 0.1) is 0 Å². The molecule has 3 rings (SSSR count). The quantitative estimate of drug-likeness (QED) is 0.703. The SMILES string of the molecule is CCCOc1ccc(CN2CCN(C)CC2)cc1-c1nc(CC)c(Br)c(=O)[nH]1. The molecule has 0 unspecified atom stereocenters. The molecular weight excluding hydrogens is 420 g/mol. The molecule has 0 amide bonds. The first-order chi connectivity index (χ1) is 13.5. The van der Waals surface area contributed by atoms with Crippen LogP contribution in [0.2, 0.25) is 0 Å². The fourth-order valence-electron chi connectivity index (χ4n) is 3.33. The zero-order chi connectivity index (χ0) is 20.1. The molecule has 1 aromatic carbocycles. The summed E-state index contributed by atoms with van der Waals surface area (Å²) >= 11 is 3.34. The first kappa shape index (κ1) is 21.0. The van der Waals surface area contributed by atoms with Crippen molar-refractivity contribution in [3.63, 3.8) is 0 Å². The van der Waals surface area contributed by atoms with Gasteiger partial charge in [-0.2, -0.15) is 0 Å². The van der Waals surface area contributed by atoms with E-state index in [2.05, 4.69) is 61.8 Å². The van der Waals surface area contributed by atoms with E-state index in [1.807, 2.05) is 13.0 Å². The number of likely N-dealkylation sites (N-methyl/N-ethyl adjacent to an activating group) is 1. The molecule has 0 spiro atoms. The van der Waals surface area contributed by atoms with E-state index in [-0.39, 0.29) is 5.56 Å². The van der Waals surface area contributed by atoms with Crippen LogP contribution in [0.25, 0.3) is 11.4 Å². The number of nitrogens with zero attached hydrogens (tertiary/aromatic N) is 3. The molecule has 0 saturated carbocycles. The highest BCUT2D eigenvalue weighted by molar-refractivity contribution is 9.10. The molecule has 2 aromatic rings. The summed E-state index contributed by atoms with van der Waals surface area (Å²) in [6.07, 6.45) is 1.61. The Bertz CT molecular complexity index is 860. The highest BCUT2D eigenvalue weighted by Crippen LogP contribution is 2.30. The largest absolute Gasteiger partial charge is 0.493 e. The van der Waals surface area contributed by atoms with Crippen LogP contribution in [0.4, 0.5) is 0 Å². The van der Waals surface area contributed by atoms with E-state index in [9.17, 15) is 4.79 Å². The van der Waals surface area contributed by atoms with Gasteiger partial charge in [0.15, 0.2) is 0 Å². The normalized spacial score (nSPS) is 15.7. The smallest absolute Gasteiger partial charge is 0.265 e. The van der Waals surface area contributed by atoms with Crippen LogP contribution < -0.4 is 10.3 Å². The standard InChI is InChI=1S/C21H29BrN4O2/c1-4-12-28-18-7-6-15(14-26-10-8-25(3)9-11-26)13-16(18)20-23-17(5-2)19(22)21(27)24-20/h6-7,13H,4-5,8-12,14H2,1-3H3,(H,23,24,27). The van der Waals surface area contributed by atoms with Crippen LogP contribution in [0.3, 0.4) is 0 Å². The van der Waals surface area contributed by atoms with Crippen LogP contribution >= 0.6 is 15.9 Å². The number of ether oxygens (including phenoxy) is 1. The Balaban J connectivity index is 1.94. The first-order valence-electron chi connectivity index (χ1n) is 9.97. The molecular formula is C21H29BrN4O2. The lowest BCUT2D eigenvalue weighted by Gasteiger charge is -2.32. The highest BCUT2D eigenvalue weighted by Gasteiger charge is 2.17. The molecule has 1 aliphatic heterocycles. The molecule has 2 heterocycles. The lowest BCUT2D eigenvalue weighted by molar-refractivity contribution is 0.148. The molecule has 1 N–H and O–H groups in total. The monoisotopic (exact) mass is 448 g/mol. The maximum Gasteiger partial charge on any atom is 0.265 e. The third-order valence-electron chi connectivity index (χ3n) is 5.03. The first-order valence-corrected chi connectivity index (χ1v) is 10.8. The maximum atomic E-state index is 12.4. The molecule has 6 nitrogen and oxygen atoms in total. The predicted octanol–water partition coefficient (Wildman–Crippen LogP) is 3.30. The van der Waals surface area contributed by atoms with Crippen molar-refractivity contribution in [3.8, 4) is 17.1 Å². The Morgan fingerprint density at radius 2 is 1.96 bits per heavy atom. The topological polar surface area (TPSA) is 61.5 Å². The summed E-state index contributed by atoms with van der Waals surface area (Å²) in [7, 11) is 2.16. The number of aryl methyl sites for hydroxylation is 1. The van der Waals surface area contributed by atoms with Crippen molar-refractivity contribution < 1.29 is 4.74 Å². The van der Waals surface area contributed by atoms with E-state index >= 15 is 0 Å². The van der Waals surface area contributed by atoms with E-state index in [1.54, 1.807) is 0 Å². The van der Waals surface area contributed by atoms with Crippen LogP contribution in [-0.4, -0.2) is 59.6 Å². The molecule has 0 aliphatic carbocycles. The van der Waals surface area contributed by atoms with Crippen molar-refractivity contribution in [1.82, 2.24) is 19.8 Å². The molecule has 0 radical (unpaired) electrons. The lowest BCUT2D eigenvalue weighted by Crippen LogP contribution is -2.43. The number of benzene rings is 1. The molecule has 1 saturated heterocycles. The summed E-state index contributed by atoms with van der Waals surface area (Å²) in [5, 5.41) is 0. The summed E-state index contributed by atoms with van der Waals surface area (Å²) in [4.78, 5) is 24.8. The van der Waals surface area contributed by atoms with Gasteiger partial charge in [-0.15, -0.1) is 0 Å². The third-order valence-corrected chi connectivity index (χ3v) is 5.85. The molecule has 1 aromatic heterocycles. The molecule has 28 heavy (non-hydrogen) atoms. The van der Waals surface area contributed by atoms with Crippen molar-refractivity contribution in [1.29, 1.82) is 0 Å². The fraction of sp³-hybridized carbons (Fsp3) is 0.524. The zero-order valence-corrected chi connectivity index (χ0v) is 18.5. The van der Waals surface area contributed by atoms with Crippen molar-refractivity contribution in [2.24, 2.45) is 0 Å². The van der Waals surface area contributed by atoms with Gasteiger partial charge in [-0.05, 0) is 53.5 Å². The number of hydrogen-bond acceptors (Lipinski definition) is 5. The summed E-state index contributed by atoms with van der Waals surface area (Å²) < 4.78 is 6.45. The number of aromatic nitrogens is 2. The van der Waals surface area contributed by atoms with E-state index in [4.69, 9.17) is 4.74 Å². The highest BCUT2D eigenvalue weighted by atomic mass is 79.9. The van der Waals surface area contributed by atoms with E-state index in [0.29, 0.717) is 23.3 Å². The van der Waals surface area contributed by atoms with E-state index in [1.165, 1.54) is 5.56 Å². The number of aromatic amines is 1. The maximum absolute atomic E-state index is 12.4. The zero-order valence-electron chi connectivity index (χ0n) is 16.9. The Labute approximate surface area is 175 Å². The number of nitrogens with one attached hydrogen (secondary N) is 1. The second-order valence-corrected chi connectivity index (χ2v) is 8.08. The van der Waals surface area contributed by atoms with Gasteiger partial charge >= 0.3 is 0 Å². The van der Waals surface area contributed by atoms with Gasteiger partial charge in [0, 0.05) is 32.7 Å². The minimum Gasteiger partial charge on any atom is -0.493 e. The van der Waals surface area contributed by atoms with Gasteiger partial charge in [0.2, 0.25) is 0 Å². The Kier molecular flexibility index (Phi) is 7.26. The Morgan fingerprint density at radius 1 is 1.21 bits per heavy atom. The van der Waals surface area contributed by atoms with Gasteiger partial charge in [0.25, 0.3) is 5.56 Å². The molecule has 152 valence electrons. The molecule has 0 atom stereocenters. The van der Waals surface area contributed by atoms with E-state index in [0.717, 1.165) is 56.2 Å². The minimum absolute atomic E-state index is 0.159. The predicted molar refractivity (Wildman–Crippen MR) is 116 cm³/mol. The second-order valence-electron chi connectivity index (χ2n) is 7.29. The number of piperazine rings is 1. The number of hydrogen-bond donors (Lipinski definition) is 1. The summed E-state index contributed by atoms with van der Waals surface area (Å²) in [5.41, 5.74) is 2.64. The van der Waals surface area contributed by atoms with Crippen LogP contribution in [-0.2, 0) is 13.0 Å². The number of halogens is 1. The van der Waals surface area contributed by atoms with E-state index < -0.39 is 0 Å². The third kappa shape index (κ3) is 5.01. The average Bonchev–Trinajstić information content (AvgIpc) is 2.70. The summed E-state index contributed by atoms with van der Waals surface area (Å²) in [5.74, 6) is 1.33. The van der Waals surface area contributed by atoms with Crippen LogP contribution in [0.1, 0.15) is 31.5 Å². The van der Waals surface area contributed by atoms with Gasteiger partial charge in [0.05, 0.1) is 17.9 Å².